The number of Topliss-reactive ketones (excluding diaryl/α,β-unsaturated/α-hetero) is 2. The van der Waals surface area contributed by atoms with Gasteiger partial charge in [-0.1, -0.05) is 20.3 Å². The first-order valence-electron chi connectivity index (χ1n) is 23.9. The standard InChI is InChI=1S/C48H59N11O16/c1-27(2)38(61)31-12-18-37(59(75)44(31)67)48(71)55-23-7-6-22-54(47(70)36-17-11-30(28(3)60)43(66)58(36)74)24-8-21-51-40(63)33-14-16-35(57(73)46(33)69)42(65)53-29(10-4-5-19-49)26-52-41(64)34-15-13-32(45(68)56(34)72)39(62)50-20-9-25-55/h11-18,27,29,72-75H,4-10,19-26,49H2,1-3H3,(H,50,62)(H,51,63)(H,52,64)(H,53,65). The summed E-state index contributed by atoms with van der Waals surface area (Å²) in [6.45, 7) is 3.19. The molecule has 3 aliphatic rings. The second-order valence-electron chi connectivity index (χ2n) is 17.7. The Morgan fingerprint density at radius 2 is 1.01 bits per heavy atom. The van der Waals surface area contributed by atoms with Crippen molar-refractivity contribution in [1.29, 1.82) is 0 Å². The molecule has 0 spiro atoms. The van der Waals surface area contributed by atoms with Gasteiger partial charge in [-0.3, -0.25) is 57.5 Å². The monoisotopic (exact) mass is 1050 g/mol. The third-order valence-corrected chi connectivity index (χ3v) is 12.1. The average molecular weight is 1050 g/mol. The van der Waals surface area contributed by atoms with Crippen molar-refractivity contribution in [3.05, 3.63) is 135 Å². The first-order chi connectivity index (χ1) is 35.6. The number of ketones is 2. The molecule has 75 heavy (non-hydrogen) atoms. The van der Waals surface area contributed by atoms with E-state index in [1.54, 1.807) is 13.8 Å². The molecule has 0 saturated carbocycles. The maximum Gasteiger partial charge on any atom is 0.296 e. The molecule has 27 heteroatoms. The number of nitrogens with two attached hydrogens (primary N) is 1. The van der Waals surface area contributed by atoms with Gasteiger partial charge in [-0.25, -0.2) is 0 Å². The van der Waals surface area contributed by atoms with Crippen molar-refractivity contribution >= 4 is 47.0 Å². The highest BCUT2D eigenvalue weighted by atomic mass is 16.5. The van der Waals surface area contributed by atoms with Crippen LogP contribution in [0.3, 0.4) is 0 Å². The molecule has 3 aliphatic heterocycles. The zero-order valence-corrected chi connectivity index (χ0v) is 41.3. The zero-order valence-electron chi connectivity index (χ0n) is 41.3. The van der Waals surface area contributed by atoms with Crippen molar-refractivity contribution in [2.45, 2.75) is 71.8 Å². The Bertz CT molecular complexity index is 3120. The van der Waals surface area contributed by atoms with Gasteiger partial charge in [0.2, 0.25) is 0 Å². The highest BCUT2D eigenvalue weighted by Gasteiger charge is 2.27. The topological polar surface area (TPSA) is 386 Å². The minimum Gasteiger partial charge on any atom is -0.425 e. The van der Waals surface area contributed by atoms with E-state index in [1.807, 2.05) is 0 Å². The van der Waals surface area contributed by atoms with Crippen molar-refractivity contribution in [3.63, 3.8) is 0 Å². The van der Waals surface area contributed by atoms with Crippen molar-refractivity contribution in [3.8, 4) is 0 Å². The predicted molar refractivity (Wildman–Crippen MR) is 262 cm³/mol. The molecule has 402 valence electrons. The number of carbonyl (C=O) groups excluding carboxylic acids is 8. The molecule has 6 amide bonds. The van der Waals surface area contributed by atoms with Crippen LogP contribution in [0.4, 0.5) is 0 Å². The van der Waals surface area contributed by atoms with Crippen LogP contribution in [0.15, 0.2) is 67.7 Å². The van der Waals surface area contributed by atoms with E-state index in [4.69, 9.17) is 5.73 Å². The quantitative estimate of drug-likeness (QED) is 0.0568. The molecule has 27 nitrogen and oxygen atoms in total. The van der Waals surface area contributed by atoms with Crippen molar-refractivity contribution < 1.29 is 59.2 Å². The largest absolute Gasteiger partial charge is 0.425 e. The third kappa shape index (κ3) is 13.6. The molecule has 4 bridgehead atoms. The molecule has 7 rings (SSSR count). The Labute approximate surface area is 426 Å². The number of carbonyl (C=O) groups is 8. The Morgan fingerprint density at radius 3 is 1.48 bits per heavy atom. The van der Waals surface area contributed by atoms with Crippen LogP contribution in [0.2, 0.25) is 0 Å². The van der Waals surface area contributed by atoms with Gasteiger partial charge in [0.25, 0.3) is 57.7 Å². The van der Waals surface area contributed by atoms with E-state index in [0.717, 1.165) is 55.5 Å². The smallest absolute Gasteiger partial charge is 0.296 e. The summed E-state index contributed by atoms with van der Waals surface area (Å²) in [7, 11) is 0. The number of hydrogen-bond donors (Lipinski definition) is 9. The number of fused-ring (bicyclic) bond motifs is 2. The van der Waals surface area contributed by atoms with Crippen LogP contribution >= 0.6 is 0 Å². The van der Waals surface area contributed by atoms with Crippen molar-refractivity contribution in [2.24, 2.45) is 11.7 Å². The van der Waals surface area contributed by atoms with Gasteiger partial charge in [-0.2, -0.15) is 0 Å². The predicted octanol–water partition coefficient (Wildman–Crippen LogP) is -0.700. The third-order valence-electron chi connectivity index (χ3n) is 12.1. The van der Waals surface area contributed by atoms with E-state index < -0.39 is 121 Å². The lowest BCUT2D eigenvalue weighted by atomic mass is 10.0. The van der Waals surface area contributed by atoms with E-state index in [-0.39, 0.29) is 109 Å². The number of hydrogen-bond acceptors (Lipinski definition) is 17. The highest BCUT2D eigenvalue weighted by Crippen LogP contribution is 2.13. The van der Waals surface area contributed by atoms with E-state index in [2.05, 4.69) is 21.3 Å². The lowest BCUT2D eigenvalue weighted by Gasteiger charge is -2.26. The van der Waals surface area contributed by atoms with Crippen LogP contribution in [0.5, 0.6) is 0 Å². The van der Waals surface area contributed by atoms with Crippen LogP contribution in [-0.2, 0) is 0 Å². The lowest BCUT2D eigenvalue weighted by molar-refractivity contribution is 0.0656. The maximum absolute atomic E-state index is 14.1. The summed E-state index contributed by atoms with van der Waals surface area (Å²) >= 11 is 0. The summed E-state index contributed by atoms with van der Waals surface area (Å²) in [6, 6.07) is 7.42. The number of pyridine rings is 4. The van der Waals surface area contributed by atoms with Gasteiger partial charge in [0.05, 0.1) is 11.1 Å². The number of aromatic nitrogens is 4. The molecule has 0 aliphatic carbocycles. The molecule has 1 unspecified atom stereocenters. The van der Waals surface area contributed by atoms with E-state index in [0.29, 0.717) is 12.8 Å². The Morgan fingerprint density at radius 1 is 0.560 bits per heavy atom. The molecule has 10 N–H and O–H groups in total. The van der Waals surface area contributed by atoms with Gasteiger partial charge in [-0.15, -0.1) is 18.9 Å². The number of rotatable bonds is 9. The van der Waals surface area contributed by atoms with Crippen LogP contribution in [-0.4, -0.2) is 155 Å². The van der Waals surface area contributed by atoms with E-state index in [1.165, 1.54) is 9.80 Å². The first-order valence-corrected chi connectivity index (χ1v) is 23.9. The van der Waals surface area contributed by atoms with E-state index >= 15 is 0 Å². The fourth-order valence-corrected chi connectivity index (χ4v) is 7.91. The van der Waals surface area contributed by atoms with Crippen molar-refractivity contribution in [2.75, 3.05) is 52.4 Å². The summed E-state index contributed by atoms with van der Waals surface area (Å²) in [5.41, 5.74) is -3.43. The first kappa shape index (κ1) is 57.0. The Balaban J connectivity index is 1.48. The molecule has 0 radical (unpaired) electrons. The normalized spacial score (nSPS) is 15.9. The Kier molecular flexibility index (Phi) is 19.5. The number of nitrogens with one attached hydrogen (secondary N) is 4. The van der Waals surface area contributed by atoms with Gasteiger partial charge < -0.3 is 57.6 Å². The molecule has 0 aromatic carbocycles. The maximum atomic E-state index is 14.1. The van der Waals surface area contributed by atoms with Gasteiger partial charge in [0.15, 0.2) is 11.6 Å². The molecule has 4 aromatic heterocycles. The molecule has 4 aromatic rings. The van der Waals surface area contributed by atoms with Gasteiger partial charge >= 0.3 is 0 Å². The SMILES string of the molecule is CC(=O)c1ccc(C(=O)N2CCCCN(C(=O)c3ccc(C(=O)C(C)C)c(=O)n3O)CCCNC(=O)c3ccc(n(O)c3=O)C(=O)NCC(CCCCN)NC(=O)c3ccc(c(=O)n3O)C(=O)NCCC2)n(O)c1=O. The molecule has 0 fully saturated rings. The molecule has 1 atom stereocenters. The summed E-state index contributed by atoms with van der Waals surface area (Å²) in [6.07, 6.45) is 1.33. The fraction of sp³-hybridized carbons (Fsp3) is 0.417. The molecule has 7 heterocycles. The van der Waals surface area contributed by atoms with Gasteiger partial charge in [-0.05, 0) is 101 Å². The number of amides is 6. The van der Waals surface area contributed by atoms with E-state index in [9.17, 15) is 78.4 Å². The minimum atomic E-state index is -1.29. The molecular formula is C48H59N11O16. The lowest BCUT2D eigenvalue weighted by Crippen LogP contribution is -2.46. The van der Waals surface area contributed by atoms with Crippen LogP contribution in [0.1, 0.15) is 149 Å². The Hall–Kier alpha value is -8.88. The summed E-state index contributed by atoms with van der Waals surface area (Å²) in [4.78, 5) is 161. The minimum absolute atomic E-state index is 0.00934. The van der Waals surface area contributed by atoms with Crippen molar-refractivity contribution in [1.82, 2.24) is 50.0 Å². The molecule has 0 saturated heterocycles. The van der Waals surface area contributed by atoms with Crippen LogP contribution in [0.25, 0.3) is 0 Å². The van der Waals surface area contributed by atoms with Gasteiger partial charge in [0.1, 0.15) is 33.9 Å². The fourth-order valence-electron chi connectivity index (χ4n) is 7.91. The summed E-state index contributed by atoms with van der Waals surface area (Å²) in [5, 5.41) is 53.1. The highest BCUT2D eigenvalue weighted by molar-refractivity contribution is 6.00. The summed E-state index contributed by atoms with van der Waals surface area (Å²) in [5.74, 6) is -7.62. The number of unbranched alkanes of at least 4 members (excludes halogenated alkanes) is 1. The van der Waals surface area contributed by atoms with Crippen LogP contribution < -0.4 is 49.2 Å². The summed E-state index contributed by atoms with van der Waals surface area (Å²) < 4.78 is -0.0285. The number of nitrogens with zero attached hydrogens (tertiary/aromatic N) is 6. The average Bonchev–Trinajstić information content (AvgIpc) is 3.37. The zero-order chi connectivity index (χ0) is 55.3. The van der Waals surface area contributed by atoms with Crippen LogP contribution in [0, 0.1) is 5.92 Å². The second kappa shape index (κ2) is 25.7. The second-order valence-corrected chi connectivity index (χ2v) is 17.7. The molecular weight excluding hydrogens is 987 g/mol. The van der Waals surface area contributed by atoms with Gasteiger partial charge in [0, 0.05) is 57.8 Å².